The highest BCUT2D eigenvalue weighted by molar-refractivity contribution is 5.14. The molecule has 4 aliphatic rings. The van der Waals surface area contributed by atoms with Crippen LogP contribution >= 0.6 is 0 Å². The molecule has 1 heterocycles. The van der Waals surface area contributed by atoms with Crippen molar-refractivity contribution in [3.8, 4) is 0 Å². The van der Waals surface area contributed by atoms with E-state index in [1.165, 1.54) is 44.3 Å². The minimum absolute atomic E-state index is 0.424. The van der Waals surface area contributed by atoms with Gasteiger partial charge in [-0.05, 0) is 68.2 Å². The van der Waals surface area contributed by atoms with Crippen LogP contribution in [0.1, 0.15) is 57.3 Å². The van der Waals surface area contributed by atoms with Gasteiger partial charge in [0.2, 0.25) is 0 Å². The zero-order chi connectivity index (χ0) is 14.0. The zero-order valence-electron chi connectivity index (χ0n) is 13.0. The summed E-state index contributed by atoms with van der Waals surface area (Å²) in [6, 6.07) is 0.424. The Kier molecular flexibility index (Phi) is 2.64. The molecule has 4 saturated carbocycles. The highest BCUT2D eigenvalue weighted by Gasteiger charge is 2.58. The van der Waals surface area contributed by atoms with Crippen molar-refractivity contribution in [1.29, 1.82) is 0 Å². The summed E-state index contributed by atoms with van der Waals surface area (Å²) in [5.74, 6) is 3.17. The first-order valence-electron chi connectivity index (χ1n) is 8.18. The molecule has 110 valence electrons. The second-order valence-electron chi connectivity index (χ2n) is 8.25. The first-order valence-corrected chi connectivity index (χ1v) is 8.18. The lowest BCUT2D eigenvalue weighted by atomic mass is 9.43. The molecule has 0 amide bonds. The van der Waals surface area contributed by atoms with Crippen molar-refractivity contribution < 1.29 is 0 Å². The van der Waals surface area contributed by atoms with Gasteiger partial charge in [0.25, 0.3) is 0 Å². The first kappa shape index (κ1) is 12.9. The molecule has 3 nitrogen and oxygen atoms in total. The normalized spacial score (nSPS) is 44.0. The fraction of sp³-hybridized carbons (Fsp3) is 0.824. The maximum Gasteiger partial charge on any atom is 0.126 e. The fourth-order valence-corrected chi connectivity index (χ4v) is 6.50. The zero-order valence-corrected chi connectivity index (χ0v) is 13.0. The molecule has 5 rings (SSSR count). The second-order valence-corrected chi connectivity index (χ2v) is 8.25. The summed E-state index contributed by atoms with van der Waals surface area (Å²) in [5.41, 5.74) is 1.05. The molecular weight excluding hydrogens is 246 g/mol. The quantitative estimate of drug-likeness (QED) is 0.916. The van der Waals surface area contributed by atoms with E-state index in [1.807, 2.05) is 6.20 Å². The molecule has 4 aliphatic carbocycles. The third-order valence-corrected chi connectivity index (χ3v) is 6.42. The Morgan fingerprint density at radius 1 is 1.30 bits per heavy atom. The summed E-state index contributed by atoms with van der Waals surface area (Å²) in [5, 5.41) is 3.64. The van der Waals surface area contributed by atoms with Crippen LogP contribution in [-0.2, 0) is 7.05 Å². The van der Waals surface area contributed by atoms with Gasteiger partial charge in [-0.3, -0.25) is 0 Å². The Labute approximate surface area is 122 Å². The van der Waals surface area contributed by atoms with Gasteiger partial charge in [-0.25, -0.2) is 4.98 Å². The molecule has 0 aromatic carbocycles. The lowest BCUT2D eigenvalue weighted by molar-refractivity contribution is -0.119. The molecular formula is C17H27N3. The molecule has 1 aromatic heterocycles. The molecule has 3 heteroatoms. The van der Waals surface area contributed by atoms with Crippen LogP contribution in [0.3, 0.4) is 0 Å². The van der Waals surface area contributed by atoms with E-state index < -0.39 is 0 Å². The molecule has 0 spiro atoms. The van der Waals surface area contributed by atoms with Crippen LogP contribution < -0.4 is 5.32 Å². The molecule has 3 unspecified atom stereocenters. The Morgan fingerprint density at radius 3 is 2.50 bits per heavy atom. The molecule has 0 radical (unpaired) electrons. The maximum atomic E-state index is 4.67. The smallest absolute Gasteiger partial charge is 0.126 e. The monoisotopic (exact) mass is 273 g/mol. The lowest BCUT2D eigenvalue weighted by Gasteiger charge is -2.63. The summed E-state index contributed by atoms with van der Waals surface area (Å²) in [7, 11) is 4.26. The van der Waals surface area contributed by atoms with Gasteiger partial charge in [-0.1, -0.05) is 6.92 Å². The molecule has 3 atom stereocenters. The number of aromatic nitrogens is 2. The van der Waals surface area contributed by atoms with E-state index in [2.05, 4.69) is 42.1 Å². The van der Waals surface area contributed by atoms with Gasteiger partial charge >= 0.3 is 0 Å². The van der Waals surface area contributed by atoms with E-state index >= 15 is 0 Å². The predicted octanol–water partition coefficient (Wildman–Crippen LogP) is 3.29. The summed E-state index contributed by atoms with van der Waals surface area (Å²) in [4.78, 5) is 4.67. The maximum absolute atomic E-state index is 4.67. The molecule has 4 fully saturated rings. The molecule has 0 aliphatic heterocycles. The number of nitrogens with one attached hydrogen (secondary N) is 1. The highest BCUT2D eigenvalue weighted by atomic mass is 15.1. The molecule has 4 bridgehead atoms. The third kappa shape index (κ3) is 1.71. The van der Waals surface area contributed by atoms with E-state index in [0.29, 0.717) is 16.9 Å². The van der Waals surface area contributed by atoms with Gasteiger partial charge in [0.1, 0.15) is 5.82 Å². The van der Waals surface area contributed by atoms with Gasteiger partial charge in [0.15, 0.2) is 0 Å². The van der Waals surface area contributed by atoms with E-state index in [0.717, 1.165) is 11.8 Å². The average molecular weight is 273 g/mol. The molecule has 20 heavy (non-hydrogen) atoms. The van der Waals surface area contributed by atoms with Crippen LogP contribution in [0.5, 0.6) is 0 Å². The van der Waals surface area contributed by atoms with Crippen molar-refractivity contribution in [2.45, 2.75) is 51.5 Å². The Balaban J connectivity index is 1.74. The second kappa shape index (κ2) is 4.09. The summed E-state index contributed by atoms with van der Waals surface area (Å²) in [6.07, 6.45) is 12.7. The van der Waals surface area contributed by atoms with Crippen molar-refractivity contribution in [2.75, 3.05) is 7.05 Å². The predicted molar refractivity (Wildman–Crippen MR) is 80.2 cm³/mol. The van der Waals surface area contributed by atoms with Gasteiger partial charge in [0, 0.05) is 19.4 Å². The third-order valence-electron chi connectivity index (χ3n) is 6.42. The van der Waals surface area contributed by atoms with Crippen LogP contribution in [0.2, 0.25) is 0 Å². The first-order chi connectivity index (χ1) is 9.54. The number of imidazole rings is 1. The van der Waals surface area contributed by atoms with Crippen LogP contribution in [0.4, 0.5) is 0 Å². The number of aryl methyl sites for hydroxylation is 1. The molecule has 1 N–H and O–H groups in total. The van der Waals surface area contributed by atoms with Gasteiger partial charge < -0.3 is 9.88 Å². The van der Waals surface area contributed by atoms with Crippen LogP contribution in [-0.4, -0.2) is 16.6 Å². The summed E-state index contributed by atoms with van der Waals surface area (Å²) in [6.45, 7) is 2.55. The minimum atomic E-state index is 0.424. The average Bonchev–Trinajstić information content (AvgIpc) is 2.73. The molecule has 1 aromatic rings. The Bertz CT molecular complexity index is 504. The Hall–Kier alpha value is -0.830. The lowest BCUT2D eigenvalue weighted by Crippen LogP contribution is -2.55. The van der Waals surface area contributed by atoms with Crippen molar-refractivity contribution in [1.82, 2.24) is 14.9 Å². The standard InChI is InChI=1S/C17H27N3/c1-16-7-12-6-13(8-16)10-17(9-12,11-16)14(18-2)15-19-4-5-20(15)3/h4-5,12-14,18H,6-11H2,1-3H3. The van der Waals surface area contributed by atoms with E-state index in [4.69, 9.17) is 0 Å². The van der Waals surface area contributed by atoms with Crippen molar-refractivity contribution in [2.24, 2.45) is 29.7 Å². The summed E-state index contributed by atoms with van der Waals surface area (Å²) >= 11 is 0. The van der Waals surface area contributed by atoms with E-state index in [1.54, 1.807) is 0 Å². The van der Waals surface area contributed by atoms with E-state index in [9.17, 15) is 0 Å². The van der Waals surface area contributed by atoms with Gasteiger partial charge in [0.05, 0.1) is 6.04 Å². The number of nitrogens with zero attached hydrogens (tertiary/aromatic N) is 2. The topological polar surface area (TPSA) is 29.9 Å². The molecule has 0 saturated heterocycles. The fourth-order valence-electron chi connectivity index (χ4n) is 6.50. The number of hydrogen-bond acceptors (Lipinski definition) is 2. The van der Waals surface area contributed by atoms with Crippen LogP contribution in [0.15, 0.2) is 12.4 Å². The largest absolute Gasteiger partial charge is 0.337 e. The number of rotatable bonds is 3. The van der Waals surface area contributed by atoms with Crippen molar-refractivity contribution in [3.05, 3.63) is 18.2 Å². The van der Waals surface area contributed by atoms with Crippen LogP contribution in [0.25, 0.3) is 0 Å². The highest BCUT2D eigenvalue weighted by Crippen LogP contribution is 2.68. The van der Waals surface area contributed by atoms with E-state index in [-0.39, 0.29) is 0 Å². The van der Waals surface area contributed by atoms with Gasteiger partial charge in [-0.15, -0.1) is 0 Å². The number of hydrogen-bond donors (Lipinski definition) is 1. The van der Waals surface area contributed by atoms with Crippen molar-refractivity contribution in [3.63, 3.8) is 0 Å². The van der Waals surface area contributed by atoms with Crippen LogP contribution in [0, 0.1) is 22.7 Å². The van der Waals surface area contributed by atoms with Crippen molar-refractivity contribution >= 4 is 0 Å². The minimum Gasteiger partial charge on any atom is -0.337 e. The Morgan fingerprint density at radius 2 is 2.00 bits per heavy atom. The summed E-state index contributed by atoms with van der Waals surface area (Å²) < 4.78 is 2.21. The SMILES string of the molecule is CNC(c1nccn1C)C12CC3CC(CC(C)(C3)C1)C2. The van der Waals surface area contributed by atoms with Gasteiger partial charge in [-0.2, -0.15) is 0 Å².